The number of hydrogen-bond acceptors (Lipinski definition) is 2. The molecule has 1 aromatic heterocycles. The summed E-state index contributed by atoms with van der Waals surface area (Å²) in [6.07, 6.45) is 4.01. The van der Waals surface area contributed by atoms with Gasteiger partial charge in [0.1, 0.15) is 12.7 Å². The summed E-state index contributed by atoms with van der Waals surface area (Å²) >= 11 is 0. The molecule has 1 rings (SSSR count). The van der Waals surface area contributed by atoms with Gasteiger partial charge in [-0.2, -0.15) is 5.10 Å². The average Bonchev–Trinajstić information content (AvgIpc) is 2.41. The van der Waals surface area contributed by atoms with Crippen molar-refractivity contribution < 1.29 is 0 Å². The maximum Gasteiger partial charge on any atom is 0.216 e. The maximum absolute atomic E-state index is 6.51. The van der Waals surface area contributed by atoms with Crippen LogP contribution >= 0.6 is 0 Å². The van der Waals surface area contributed by atoms with Crippen LogP contribution in [0.4, 0.5) is 0 Å². The van der Waals surface area contributed by atoms with Gasteiger partial charge in [-0.05, 0) is 0 Å². The summed E-state index contributed by atoms with van der Waals surface area (Å²) in [5.74, 6) is 0. The summed E-state index contributed by atoms with van der Waals surface area (Å²) < 4.78 is 1.73. The highest BCUT2D eigenvalue weighted by Gasteiger charge is 1.91. The summed E-state index contributed by atoms with van der Waals surface area (Å²) in [5.41, 5.74) is 0. The molecule has 0 radical (unpaired) electrons. The van der Waals surface area contributed by atoms with Gasteiger partial charge in [-0.3, -0.25) is 4.68 Å². The summed E-state index contributed by atoms with van der Waals surface area (Å²) in [4.78, 5) is 7.00. The molecule has 1 heterocycles. The van der Waals surface area contributed by atoms with Crippen molar-refractivity contribution >= 4 is 0 Å². The molecule has 52 valence electrons. The Kier molecular flexibility index (Phi) is 2.44. The minimum atomic E-state index is 0.569. The zero-order valence-electron chi connectivity index (χ0n) is 5.56. The van der Waals surface area contributed by atoms with Gasteiger partial charge in [0.05, 0.1) is 0 Å². The van der Waals surface area contributed by atoms with Crippen molar-refractivity contribution in [3.8, 4) is 0 Å². The molecule has 0 aliphatic carbocycles. The number of aromatic nitrogens is 3. The molecule has 0 amide bonds. The molecule has 0 saturated heterocycles. The molecule has 0 atom stereocenters. The monoisotopic (exact) mass is 136 g/mol. The van der Waals surface area contributed by atoms with Crippen molar-refractivity contribution in [2.24, 2.45) is 0 Å². The van der Waals surface area contributed by atoms with Gasteiger partial charge in [-0.25, -0.2) is 11.6 Å². The van der Waals surface area contributed by atoms with Crippen LogP contribution in [0.2, 0.25) is 0 Å². The molecule has 10 heavy (non-hydrogen) atoms. The highest BCUT2D eigenvalue weighted by molar-refractivity contribution is 4.60. The SMILES string of the molecule is [C-]#[N+]CCCn1cncn1. The second-order valence-corrected chi connectivity index (χ2v) is 1.89. The summed E-state index contributed by atoms with van der Waals surface area (Å²) in [6.45, 7) is 7.87. The van der Waals surface area contributed by atoms with Gasteiger partial charge in [-0.15, -0.1) is 0 Å². The van der Waals surface area contributed by atoms with Crippen molar-refractivity contribution in [2.45, 2.75) is 13.0 Å². The molecular weight excluding hydrogens is 128 g/mol. The molecule has 0 N–H and O–H groups in total. The predicted molar refractivity (Wildman–Crippen MR) is 36.1 cm³/mol. The lowest BCUT2D eigenvalue weighted by Crippen LogP contribution is -1.98. The normalized spacial score (nSPS) is 9.10. The number of rotatable bonds is 3. The fourth-order valence-electron chi connectivity index (χ4n) is 0.660. The Morgan fingerprint density at radius 1 is 1.60 bits per heavy atom. The topological polar surface area (TPSA) is 35.1 Å². The zero-order chi connectivity index (χ0) is 7.23. The molecule has 0 aliphatic rings. The van der Waals surface area contributed by atoms with Crippen LogP contribution in [0.15, 0.2) is 12.7 Å². The summed E-state index contributed by atoms with van der Waals surface area (Å²) in [5, 5.41) is 3.89. The van der Waals surface area contributed by atoms with Gasteiger partial charge in [0, 0.05) is 13.0 Å². The van der Waals surface area contributed by atoms with Gasteiger partial charge in [-0.1, -0.05) is 0 Å². The fourth-order valence-corrected chi connectivity index (χ4v) is 0.660. The van der Waals surface area contributed by atoms with Crippen molar-refractivity contribution in [1.29, 1.82) is 0 Å². The lowest BCUT2D eigenvalue weighted by Gasteiger charge is -1.92. The molecule has 1 aromatic rings. The van der Waals surface area contributed by atoms with Crippen LogP contribution in [0.3, 0.4) is 0 Å². The second kappa shape index (κ2) is 3.62. The summed E-state index contributed by atoms with van der Waals surface area (Å²) in [6, 6.07) is 0. The molecule has 0 spiro atoms. The van der Waals surface area contributed by atoms with Crippen molar-refractivity contribution in [3.63, 3.8) is 0 Å². The number of hydrogen-bond donors (Lipinski definition) is 0. The third-order valence-corrected chi connectivity index (χ3v) is 1.12. The molecule has 0 aliphatic heterocycles. The van der Waals surface area contributed by atoms with E-state index in [4.69, 9.17) is 6.57 Å². The Bertz CT molecular complexity index is 208. The quantitative estimate of drug-likeness (QED) is 0.450. The molecule has 0 saturated carbocycles. The molecule has 0 aromatic carbocycles. The predicted octanol–water partition coefficient (Wildman–Crippen LogP) is 0.587. The first-order valence-corrected chi connectivity index (χ1v) is 3.09. The number of nitrogens with zero attached hydrogens (tertiary/aromatic N) is 4. The molecule has 4 heteroatoms. The van der Waals surface area contributed by atoms with Crippen LogP contribution in [0.5, 0.6) is 0 Å². The first-order valence-electron chi connectivity index (χ1n) is 3.09. The van der Waals surface area contributed by atoms with E-state index in [1.165, 1.54) is 6.33 Å². The van der Waals surface area contributed by atoms with Gasteiger partial charge >= 0.3 is 0 Å². The Morgan fingerprint density at radius 3 is 3.10 bits per heavy atom. The Labute approximate surface area is 59.3 Å². The Morgan fingerprint density at radius 2 is 2.50 bits per heavy atom. The van der Waals surface area contributed by atoms with Crippen LogP contribution in [-0.4, -0.2) is 21.3 Å². The van der Waals surface area contributed by atoms with E-state index < -0.39 is 0 Å². The minimum Gasteiger partial charge on any atom is -0.317 e. The van der Waals surface area contributed by atoms with Crippen molar-refractivity contribution in [2.75, 3.05) is 6.54 Å². The molecule has 4 nitrogen and oxygen atoms in total. The zero-order valence-corrected chi connectivity index (χ0v) is 5.56. The van der Waals surface area contributed by atoms with E-state index in [9.17, 15) is 0 Å². The van der Waals surface area contributed by atoms with Crippen LogP contribution in [-0.2, 0) is 6.54 Å². The van der Waals surface area contributed by atoms with Gasteiger partial charge < -0.3 is 4.85 Å². The standard InChI is InChI=1S/C6H8N4/c1-7-3-2-4-10-6-8-5-9-10/h5-6H,2-4H2. The molecule has 0 fully saturated rings. The second-order valence-electron chi connectivity index (χ2n) is 1.89. The van der Waals surface area contributed by atoms with Gasteiger partial charge in [0.25, 0.3) is 0 Å². The molecular formula is C6H8N4. The lowest BCUT2D eigenvalue weighted by molar-refractivity contribution is 0.595. The third kappa shape index (κ3) is 1.86. The van der Waals surface area contributed by atoms with Crippen molar-refractivity contribution in [1.82, 2.24) is 14.8 Å². The highest BCUT2D eigenvalue weighted by Crippen LogP contribution is 1.86. The fraction of sp³-hybridized carbons (Fsp3) is 0.500. The Balaban J connectivity index is 2.23. The highest BCUT2D eigenvalue weighted by atomic mass is 15.3. The third-order valence-electron chi connectivity index (χ3n) is 1.12. The van der Waals surface area contributed by atoms with E-state index in [-0.39, 0.29) is 0 Å². The summed E-state index contributed by atoms with van der Waals surface area (Å²) in [7, 11) is 0. The first-order chi connectivity index (χ1) is 4.93. The van der Waals surface area contributed by atoms with E-state index in [0.717, 1.165) is 13.0 Å². The lowest BCUT2D eigenvalue weighted by atomic mass is 10.4. The van der Waals surface area contributed by atoms with E-state index >= 15 is 0 Å². The van der Waals surface area contributed by atoms with Crippen LogP contribution in [0.1, 0.15) is 6.42 Å². The first kappa shape index (κ1) is 6.75. The van der Waals surface area contributed by atoms with Crippen LogP contribution in [0, 0.1) is 6.57 Å². The molecule has 0 bridgehead atoms. The van der Waals surface area contributed by atoms with E-state index in [2.05, 4.69) is 14.9 Å². The number of aryl methyl sites for hydroxylation is 1. The van der Waals surface area contributed by atoms with E-state index in [0.29, 0.717) is 6.54 Å². The smallest absolute Gasteiger partial charge is 0.216 e. The van der Waals surface area contributed by atoms with Crippen LogP contribution in [0.25, 0.3) is 4.85 Å². The maximum atomic E-state index is 6.51. The Hall–Kier alpha value is -1.37. The van der Waals surface area contributed by atoms with Gasteiger partial charge in [0.2, 0.25) is 6.54 Å². The van der Waals surface area contributed by atoms with Crippen LogP contribution < -0.4 is 0 Å². The molecule has 0 unspecified atom stereocenters. The minimum absolute atomic E-state index is 0.569. The van der Waals surface area contributed by atoms with E-state index in [1.807, 2.05) is 0 Å². The van der Waals surface area contributed by atoms with E-state index in [1.54, 1.807) is 11.0 Å². The van der Waals surface area contributed by atoms with Gasteiger partial charge in [0.15, 0.2) is 0 Å². The largest absolute Gasteiger partial charge is 0.317 e. The van der Waals surface area contributed by atoms with Crippen molar-refractivity contribution in [3.05, 3.63) is 24.1 Å². The average molecular weight is 136 g/mol.